The molecule has 4 aromatic rings. The maximum absolute atomic E-state index is 6.50. The van der Waals surface area contributed by atoms with Crippen molar-refractivity contribution in [2.24, 2.45) is 18.2 Å². The Morgan fingerprint density at radius 3 is 2.63 bits per heavy atom. The van der Waals surface area contributed by atoms with Crippen LogP contribution in [0.1, 0.15) is 19.8 Å². The number of aromatic amines is 1. The van der Waals surface area contributed by atoms with Gasteiger partial charge in [0.15, 0.2) is 22.8 Å². The fourth-order valence-electron chi connectivity index (χ4n) is 6.12. The molecule has 0 saturated carbocycles. The lowest BCUT2D eigenvalue weighted by molar-refractivity contribution is 0.0974. The molecule has 3 aliphatic heterocycles. The highest BCUT2D eigenvalue weighted by Crippen LogP contribution is 2.42. The van der Waals surface area contributed by atoms with E-state index in [0.29, 0.717) is 5.65 Å². The van der Waals surface area contributed by atoms with Gasteiger partial charge >= 0.3 is 0 Å². The first-order valence-corrected chi connectivity index (χ1v) is 13.2. The molecule has 198 valence electrons. The molecule has 12 heteroatoms. The number of H-pyrrole nitrogens is 1. The summed E-state index contributed by atoms with van der Waals surface area (Å²) < 4.78 is 7.67. The van der Waals surface area contributed by atoms with Crippen molar-refractivity contribution in [2.75, 3.05) is 54.5 Å². The lowest BCUT2D eigenvalue weighted by atomic mass is 9.73. The first-order valence-electron chi connectivity index (χ1n) is 13.2. The third-order valence-electron chi connectivity index (χ3n) is 8.59. The van der Waals surface area contributed by atoms with Gasteiger partial charge in [-0.25, -0.2) is 15.0 Å². The zero-order valence-electron chi connectivity index (χ0n) is 22.0. The molecule has 7 heterocycles. The van der Waals surface area contributed by atoms with Crippen LogP contribution in [0.25, 0.3) is 22.4 Å². The number of rotatable bonds is 3. The van der Waals surface area contributed by atoms with Crippen LogP contribution >= 0.6 is 0 Å². The fourth-order valence-corrected chi connectivity index (χ4v) is 6.12. The minimum Gasteiger partial charge on any atom is -0.376 e. The Hall–Kier alpha value is -3.77. The van der Waals surface area contributed by atoms with Crippen molar-refractivity contribution in [2.45, 2.75) is 31.9 Å². The number of hydrogen-bond acceptors (Lipinski definition) is 10. The molecule has 2 atom stereocenters. The van der Waals surface area contributed by atoms with Crippen molar-refractivity contribution >= 4 is 34.3 Å². The number of fused-ring (bicyclic) bond motifs is 2. The Morgan fingerprint density at radius 1 is 1.05 bits per heavy atom. The minimum atomic E-state index is 0.0777. The Balaban J connectivity index is 1.15. The molecule has 0 amide bonds. The van der Waals surface area contributed by atoms with Gasteiger partial charge in [-0.1, -0.05) is 0 Å². The number of piperidine rings is 1. The average molecular weight is 516 g/mol. The summed E-state index contributed by atoms with van der Waals surface area (Å²) in [6.45, 7) is 6.20. The number of aromatic nitrogens is 7. The van der Waals surface area contributed by atoms with Crippen LogP contribution < -0.4 is 20.4 Å². The topological polar surface area (TPSA) is 130 Å². The van der Waals surface area contributed by atoms with Gasteiger partial charge in [0.05, 0.1) is 36.5 Å². The van der Waals surface area contributed by atoms with Gasteiger partial charge in [0.1, 0.15) is 5.82 Å². The van der Waals surface area contributed by atoms with Gasteiger partial charge in [-0.05, 0) is 31.9 Å². The highest BCUT2D eigenvalue weighted by Gasteiger charge is 2.47. The number of nitrogens with two attached hydrogens (primary N) is 1. The van der Waals surface area contributed by atoms with Crippen LogP contribution in [0, 0.1) is 5.41 Å². The number of hydrogen-bond donors (Lipinski definition) is 2. The molecule has 2 fully saturated rings. The SMILES string of the molecule is C[C@@H]1OCC2(CCN(c3cnc4c(N5CCN(C)c6nc(-c7cnn(C)c7)ccc65)n[nH]c4n3)CC2)[C@@H]1N. The second kappa shape index (κ2) is 8.63. The lowest BCUT2D eigenvalue weighted by Crippen LogP contribution is -2.50. The van der Waals surface area contributed by atoms with E-state index in [2.05, 4.69) is 50.0 Å². The minimum absolute atomic E-state index is 0.0777. The monoisotopic (exact) mass is 515 g/mol. The number of nitrogens with zero attached hydrogens (tertiary/aromatic N) is 9. The molecule has 1 spiro atoms. The smallest absolute Gasteiger partial charge is 0.183 e. The zero-order chi connectivity index (χ0) is 26.0. The quantitative estimate of drug-likeness (QED) is 0.418. The summed E-state index contributed by atoms with van der Waals surface area (Å²) in [5.41, 5.74) is 10.9. The van der Waals surface area contributed by atoms with Crippen molar-refractivity contribution in [3.05, 3.63) is 30.7 Å². The molecule has 4 aromatic heterocycles. The summed E-state index contributed by atoms with van der Waals surface area (Å²) in [5.74, 6) is 2.54. The van der Waals surface area contributed by atoms with Crippen LogP contribution in [-0.4, -0.2) is 86.9 Å². The number of pyridine rings is 1. The maximum atomic E-state index is 6.50. The number of anilines is 4. The molecular formula is C26H33N11O. The Bertz CT molecular complexity index is 1490. The van der Waals surface area contributed by atoms with E-state index in [4.69, 9.17) is 25.4 Å². The molecule has 0 aliphatic carbocycles. The molecule has 12 nitrogen and oxygen atoms in total. The molecule has 0 bridgehead atoms. The van der Waals surface area contributed by atoms with Gasteiger partial charge in [0.25, 0.3) is 0 Å². The summed E-state index contributed by atoms with van der Waals surface area (Å²) in [6, 6.07) is 4.23. The van der Waals surface area contributed by atoms with Gasteiger partial charge in [-0.3, -0.25) is 9.78 Å². The van der Waals surface area contributed by atoms with Crippen molar-refractivity contribution in [3.63, 3.8) is 0 Å². The van der Waals surface area contributed by atoms with Crippen LogP contribution in [0.3, 0.4) is 0 Å². The normalized spacial score (nSPS) is 23.0. The van der Waals surface area contributed by atoms with Crippen LogP contribution in [-0.2, 0) is 11.8 Å². The van der Waals surface area contributed by atoms with Gasteiger partial charge in [0.2, 0.25) is 0 Å². The molecule has 0 unspecified atom stereocenters. The van der Waals surface area contributed by atoms with Gasteiger partial charge in [-0.15, -0.1) is 0 Å². The Kier molecular flexibility index (Phi) is 5.31. The predicted octanol–water partition coefficient (Wildman–Crippen LogP) is 2.07. The molecule has 7 rings (SSSR count). The van der Waals surface area contributed by atoms with E-state index in [0.717, 1.165) is 85.5 Å². The number of aryl methyl sites for hydroxylation is 1. The molecule has 3 aliphatic rings. The van der Waals surface area contributed by atoms with Gasteiger partial charge in [0, 0.05) is 63.5 Å². The summed E-state index contributed by atoms with van der Waals surface area (Å²) in [5, 5.41) is 12.1. The highest BCUT2D eigenvalue weighted by molar-refractivity contribution is 5.90. The molecule has 0 radical (unpaired) electrons. The third-order valence-corrected chi connectivity index (χ3v) is 8.59. The Morgan fingerprint density at radius 2 is 1.89 bits per heavy atom. The van der Waals surface area contributed by atoms with Crippen LogP contribution in [0.15, 0.2) is 30.7 Å². The van der Waals surface area contributed by atoms with Crippen LogP contribution in [0.5, 0.6) is 0 Å². The lowest BCUT2D eigenvalue weighted by Gasteiger charge is -2.41. The van der Waals surface area contributed by atoms with Crippen molar-refractivity contribution in [1.29, 1.82) is 0 Å². The van der Waals surface area contributed by atoms with E-state index in [1.807, 2.05) is 31.7 Å². The average Bonchev–Trinajstić information content (AvgIpc) is 3.64. The molecule has 3 N–H and O–H groups in total. The number of likely N-dealkylation sites (N-methyl/N-ethyl adjacent to an activating group) is 1. The fraction of sp³-hybridized carbons (Fsp3) is 0.500. The van der Waals surface area contributed by atoms with Crippen LogP contribution in [0.4, 0.5) is 23.1 Å². The standard InChI is InChI=1S/C26H33N11O/c1-16-22(27)26(15-38-16)6-8-36(9-7-26)20-13-28-21-23(31-20)32-33-25(21)37-11-10-34(2)24-19(37)5-4-18(30-24)17-12-29-35(3)14-17/h4-5,12-14,16,22H,6-11,15,27H2,1-3H3,(H,31,32,33)/t16-,22+/m0/s1. The molecule has 38 heavy (non-hydrogen) atoms. The molecule has 2 saturated heterocycles. The summed E-state index contributed by atoms with van der Waals surface area (Å²) in [7, 11) is 3.98. The molecular weight excluding hydrogens is 482 g/mol. The van der Waals surface area contributed by atoms with Crippen molar-refractivity contribution in [3.8, 4) is 11.3 Å². The van der Waals surface area contributed by atoms with E-state index < -0.39 is 0 Å². The van der Waals surface area contributed by atoms with E-state index in [1.54, 1.807) is 4.68 Å². The third kappa shape index (κ3) is 3.62. The number of ether oxygens (including phenoxy) is 1. The van der Waals surface area contributed by atoms with Crippen molar-refractivity contribution in [1.82, 2.24) is 34.9 Å². The maximum Gasteiger partial charge on any atom is 0.183 e. The van der Waals surface area contributed by atoms with Crippen molar-refractivity contribution < 1.29 is 4.74 Å². The second-order valence-corrected chi connectivity index (χ2v) is 10.9. The van der Waals surface area contributed by atoms with Gasteiger partial charge < -0.3 is 25.2 Å². The van der Waals surface area contributed by atoms with E-state index in [9.17, 15) is 0 Å². The predicted molar refractivity (Wildman–Crippen MR) is 146 cm³/mol. The molecule has 0 aromatic carbocycles. The Labute approximate surface area is 220 Å². The largest absolute Gasteiger partial charge is 0.376 e. The van der Waals surface area contributed by atoms with E-state index in [-0.39, 0.29) is 17.6 Å². The van der Waals surface area contributed by atoms with E-state index in [1.165, 1.54) is 0 Å². The van der Waals surface area contributed by atoms with Gasteiger partial charge in [-0.2, -0.15) is 10.2 Å². The highest BCUT2D eigenvalue weighted by atomic mass is 16.5. The van der Waals surface area contributed by atoms with E-state index >= 15 is 0 Å². The summed E-state index contributed by atoms with van der Waals surface area (Å²) in [4.78, 5) is 21.4. The summed E-state index contributed by atoms with van der Waals surface area (Å²) in [6.07, 6.45) is 7.80. The first kappa shape index (κ1) is 23.4. The summed E-state index contributed by atoms with van der Waals surface area (Å²) >= 11 is 0. The second-order valence-electron chi connectivity index (χ2n) is 10.9. The first-order chi connectivity index (χ1) is 18.4. The van der Waals surface area contributed by atoms with Crippen LogP contribution in [0.2, 0.25) is 0 Å². The zero-order valence-corrected chi connectivity index (χ0v) is 22.0. The number of nitrogens with one attached hydrogen (secondary N) is 1.